The van der Waals surface area contributed by atoms with Crippen LogP contribution in [0.15, 0.2) is 72.9 Å². The number of ether oxygens (including phenoxy) is 1. The summed E-state index contributed by atoms with van der Waals surface area (Å²) >= 11 is 0. The quantitative estimate of drug-likeness (QED) is 0.0205. The third-order valence-corrected chi connectivity index (χ3v) is 14.1. The smallest absolute Gasteiger partial charge is 0.456 e. The zero-order chi connectivity index (χ0) is 53.6. The summed E-state index contributed by atoms with van der Waals surface area (Å²) in [6, 6.07) is -0.865. The van der Waals surface area contributed by atoms with Crippen LogP contribution in [0.3, 0.4) is 0 Å². The van der Waals surface area contributed by atoms with Gasteiger partial charge in [0.05, 0.1) is 33.8 Å². The third-order valence-electron chi connectivity index (χ3n) is 13.1. The number of amides is 1. The average molecular weight is 1040 g/mol. The van der Waals surface area contributed by atoms with Crippen LogP contribution in [-0.2, 0) is 27.9 Å². The van der Waals surface area contributed by atoms with Crippen LogP contribution < -0.4 is 5.32 Å². The first kappa shape index (κ1) is 70.5. The van der Waals surface area contributed by atoms with E-state index in [1.54, 1.807) is 0 Å². The van der Waals surface area contributed by atoms with E-state index in [2.05, 4.69) is 86.8 Å². The van der Waals surface area contributed by atoms with Gasteiger partial charge in [-0.15, -0.1) is 0 Å². The van der Waals surface area contributed by atoms with E-state index in [1.165, 1.54) is 128 Å². The highest BCUT2D eigenvalue weighted by Gasteiger charge is 2.30. The molecule has 0 aliphatic heterocycles. The number of phosphoric ester groups is 1. The lowest BCUT2D eigenvalue weighted by Gasteiger charge is -2.27. The fourth-order valence-electron chi connectivity index (χ4n) is 8.39. The number of hydrogen-bond donors (Lipinski definition) is 2. The minimum absolute atomic E-state index is 0.0320. The molecule has 9 nitrogen and oxygen atoms in total. The molecule has 1 amide bonds. The lowest BCUT2D eigenvalue weighted by molar-refractivity contribution is -0.870. The molecular formula is C63H116N2O7P+. The minimum atomic E-state index is -4.46. The van der Waals surface area contributed by atoms with Crippen LogP contribution in [0.4, 0.5) is 0 Å². The Kier molecular flexibility index (Phi) is 51.0. The molecule has 3 unspecified atom stereocenters. The van der Waals surface area contributed by atoms with Crippen LogP contribution in [0.1, 0.15) is 265 Å². The number of carbonyl (C=O) groups is 2. The van der Waals surface area contributed by atoms with E-state index in [0.717, 1.165) is 103 Å². The number of nitrogens with one attached hydrogen (secondary N) is 1. The highest BCUT2D eigenvalue weighted by molar-refractivity contribution is 7.47. The number of esters is 1. The van der Waals surface area contributed by atoms with Crippen LogP contribution in [0.25, 0.3) is 0 Å². The molecule has 10 heteroatoms. The number of allylic oxidation sites excluding steroid dienone is 11. The highest BCUT2D eigenvalue weighted by atomic mass is 31.2. The molecule has 0 heterocycles. The summed E-state index contributed by atoms with van der Waals surface area (Å²) in [6.07, 6.45) is 67.4. The molecule has 0 rings (SSSR count). The van der Waals surface area contributed by atoms with Crippen molar-refractivity contribution in [1.82, 2.24) is 5.32 Å². The lowest BCUT2D eigenvalue weighted by atomic mass is 10.0. The van der Waals surface area contributed by atoms with Gasteiger partial charge in [-0.3, -0.25) is 18.6 Å². The number of unbranched alkanes of at least 4 members (excludes halogenated alkanes) is 28. The minimum Gasteiger partial charge on any atom is -0.456 e. The molecule has 2 N–H and O–H groups in total. The van der Waals surface area contributed by atoms with Gasteiger partial charge in [0.2, 0.25) is 5.91 Å². The third kappa shape index (κ3) is 54.1. The van der Waals surface area contributed by atoms with Crippen molar-refractivity contribution in [2.45, 2.75) is 277 Å². The second-order valence-corrected chi connectivity index (χ2v) is 23.0. The van der Waals surface area contributed by atoms with Crippen molar-refractivity contribution in [2.75, 3.05) is 40.9 Å². The van der Waals surface area contributed by atoms with Crippen LogP contribution in [0.2, 0.25) is 0 Å². The topological polar surface area (TPSA) is 111 Å². The molecule has 0 aliphatic rings. The molecule has 0 aromatic heterocycles. The Morgan fingerprint density at radius 2 is 0.836 bits per heavy atom. The van der Waals surface area contributed by atoms with Crippen molar-refractivity contribution in [2.24, 2.45) is 0 Å². The highest BCUT2D eigenvalue weighted by Crippen LogP contribution is 2.43. The van der Waals surface area contributed by atoms with Gasteiger partial charge in [0.1, 0.15) is 19.3 Å². The summed E-state index contributed by atoms with van der Waals surface area (Å²) in [6.45, 7) is 6.94. The van der Waals surface area contributed by atoms with E-state index >= 15 is 0 Å². The second kappa shape index (κ2) is 52.9. The van der Waals surface area contributed by atoms with E-state index in [0.29, 0.717) is 17.4 Å². The molecule has 73 heavy (non-hydrogen) atoms. The Bertz CT molecular complexity index is 1480. The average Bonchev–Trinajstić information content (AvgIpc) is 3.35. The van der Waals surface area contributed by atoms with Gasteiger partial charge in [-0.2, -0.15) is 0 Å². The molecular weight excluding hydrogens is 928 g/mol. The Labute approximate surface area is 451 Å². The fourth-order valence-corrected chi connectivity index (χ4v) is 9.12. The standard InChI is InChI=1S/C63H115N2O7P/c1-7-10-13-16-19-22-25-28-30-32-34-37-40-43-46-49-52-55-62(66)64-60(59-71-73(68,69)70-58-57-65(4,5)6)61(54-51-48-45-42-39-36-27-24-21-18-15-12-9-3)72-63(67)56-53-50-47-44-41-38-35-33-31-29-26-23-20-17-14-11-8-2/h19-20,22-23,28-31,34,37,51,54,60-61H,7-18,21,24-27,32-33,35-36,38-50,52-53,55-59H2,1-6H3,(H-,64,66,68,69)/p+1/b22-19-,23-20-,30-28-,31-29-,37-34-,54-51+. The van der Waals surface area contributed by atoms with E-state index in [-0.39, 0.29) is 31.5 Å². The summed E-state index contributed by atoms with van der Waals surface area (Å²) in [5.41, 5.74) is 0. The monoisotopic (exact) mass is 1040 g/mol. The van der Waals surface area contributed by atoms with Crippen molar-refractivity contribution in [3.8, 4) is 0 Å². The Hall–Kier alpha value is -2.55. The maximum Gasteiger partial charge on any atom is 0.472 e. The molecule has 0 spiro atoms. The van der Waals surface area contributed by atoms with Gasteiger partial charge in [-0.05, 0) is 102 Å². The Morgan fingerprint density at radius 1 is 0.479 bits per heavy atom. The number of hydrogen-bond acceptors (Lipinski definition) is 6. The molecule has 0 saturated carbocycles. The van der Waals surface area contributed by atoms with Gasteiger partial charge in [-0.25, -0.2) is 4.57 Å². The molecule has 0 saturated heterocycles. The summed E-state index contributed by atoms with van der Waals surface area (Å²) in [5.74, 6) is -0.538. The summed E-state index contributed by atoms with van der Waals surface area (Å²) in [5, 5.41) is 3.04. The summed E-state index contributed by atoms with van der Waals surface area (Å²) in [4.78, 5) is 37.7. The van der Waals surface area contributed by atoms with Crippen molar-refractivity contribution in [3.05, 3.63) is 72.9 Å². The number of quaternary nitrogens is 1. The Morgan fingerprint density at radius 3 is 1.27 bits per heavy atom. The van der Waals surface area contributed by atoms with Gasteiger partial charge in [0, 0.05) is 12.8 Å². The molecule has 0 aromatic rings. The maximum atomic E-state index is 13.5. The van der Waals surface area contributed by atoms with Crippen molar-refractivity contribution >= 4 is 19.7 Å². The normalized spacial score (nSPS) is 14.2. The SMILES string of the molecule is CCCCC/C=C\C/C=C\C/C=C\CCCCCCC(=O)NC(COP(=O)(O)OCC[N+](C)(C)C)C(/C=C/CCCCCCCCCCCCC)OC(=O)CCCCCCCCC/C=C\C/C=C\CCCCC. The largest absolute Gasteiger partial charge is 0.472 e. The van der Waals surface area contributed by atoms with Crippen LogP contribution in [0.5, 0.6) is 0 Å². The zero-order valence-corrected chi connectivity index (χ0v) is 49.3. The van der Waals surface area contributed by atoms with E-state index in [1.807, 2.05) is 33.3 Å². The first-order valence-corrected chi connectivity index (χ1v) is 31.8. The van der Waals surface area contributed by atoms with E-state index < -0.39 is 20.0 Å². The maximum absolute atomic E-state index is 13.5. The predicted octanol–water partition coefficient (Wildman–Crippen LogP) is 18.4. The zero-order valence-electron chi connectivity index (χ0n) is 48.4. The summed E-state index contributed by atoms with van der Waals surface area (Å²) in [7, 11) is 1.47. The second-order valence-electron chi connectivity index (χ2n) is 21.5. The molecule has 424 valence electrons. The van der Waals surface area contributed by atoms with Gasteiger partial charge < -0.3 is 19.4 Å². The first-order chi connectivity index (χ1) is 35.4. The molecule has 0 fully saturated rings. The van der Waals surface area contributed by atoms with Crippen molar-refractivity contribution < 1.29 is 37.3 Å². The van der Waals surface area contributed by atoms with Crippen molar-refractivity contribution in [1.29, 1.82) is 0 Å². The number of nitrogens with zero attached hydrogens (tertiary/aromatic N) is 1. The molecule has 0 aromatic carbocycles. The van der Waals surface area contributed by atoms with Gasteiger partial charge in [0.25, 0.3) is 0 Å². The van der Waals surface area contributed by atoms with E-state index in [9.17, 15) is 19.0 Å². The van der Waals surface area contributed by atoms with Crippen molar-refractivity contribution in [3.63, 3.8) is 0 Å². The van der Waals surface area contributed by atoms with E-state index in [4.69, 9.17) is 13.8 Å². The molecule has 0 bridgehead atoms. The number of likely N-dealkylation sites (N-methyl/N-ethyl adjacent to an activating group) is 1. The van der Waals surface area contributed by atoms with Gasteiger partial charge in [-0.1, -0.05) is 222 Å². The number of rotatable bonds is 54. The predicted molar refractivity (Wildman–Crippen MR) is 314 cm³/mol. The molecule has 3 atom stereocenters. The van der Waals surface area contributed by atoms with Crippen LogP contribution in [0, 0.1) is 0 Å². The number of phosphoric acid groups is 1. The van der Waals surface area contributed by atoms with Gasteiger partial charge >= 0.3 is 13.8 Å². The summed E-state index contributed by atoms with van der Waals surface area (Å²) < 4.78 is 30.7. The van der Waals surface area contributed by atoms with Gasteiger partial charge in [0.15, 0.2) is 0 Å². The molecule has 0 aliphatic carbocycles. The van der Waals surface area contributed by atoms with Crippen LogP contribution >= 0.6 is 7.82 Å². The Balaban J connectivity index is 5.38. The number of carbonyl (C=O) groups excluding carboxylic acids is 2. The van der Waals surface area contributed by atoms with Crippen LogP contribution in [-0.4, -0.2) is 74.3 Å². The lowest BCUT2D eigenvalue weighted by Crippen LogP contribution is -2.47. The first-order valence-electron chi connectivity index (χ1n) is 30.3. The fraction of sp³-hybridized carbons (Fsp3) is 0.778. The molecule has 0 radical (unpaired) electrons.